The highest BCUT2D eigenvalue weighted by molar-refractivity contribution is 6.27. The summed E-state index contributed by atoms with van der Waals surface area (Å²) >= 11 is 5.29. The number of alkyl halides is 2. The lowest BCUT2D eigenvalue weighted by molar-refractivity contribution is -0.128. The molecule has 0 radical (unpaired) electrons. The van der Waals surface area contributed by atoms with E-state index in [9.17, 15) is 9.18 Å². The van der Waals surface area contributed by atoms with Crippen LogP contribution in [0.5, 0.6) is 0 Å². The smallest absolute Gasteiger partial charge is 0.289 e. The SMILES string of the molecule is [C-]#[N+][C@@H]1C[C@@H](F)CN1C(=O)CCl. The molecular weight excluding hydrogens is 183 g/mol. The normalized spacial score (nSPS) is 28.6. The van der Waals surface area contributed by atoms with Crippen LogP contribution in [0.1, 0.15) is 6.42 Å². The molecule has 1 rings (SSSR count). The Morgan fingerprint density at radius 2 is 2.50 bits per heavy atom. The maximum atomic E-state index is 12.7. The van der Waals surface area contributed by atoms with Crippen LogP contribution in [-0.2, 0) is 4.79 Å². The van der Waals surface area contributed by atoms with Gasteiger partial charge in [-0.3, -0.25) is 14.5 Å². The van der Waals surface area contributed by atoms with E-state index in [4.69, 9.17) is 18.2 Å². The van der Waals surface area contributed by atoms with Gasteiger partial charge >= 0.3 is 6.17 Å². The Labute approximate surface area is 74.9 Å². The van der Waals surface area contributed by atoms with E-state index < -0.39 is 12.3 Å². The molecule has 0 aromatic rings. The summed E-state index contributed by atoms with van der Waals surface area (Å²) < 4.78 is 12.7. The fourth-order valence-corrected chi connectivity index (χ4v) is 1.39. The minimum absolute atomic E-state index is 0.0125. The van der Waals surface area contributed by atoms with E-state index in [1.54, 1.807) is 0 Å². The second-order valence-corrected chi connectivity index (χ2v) is 2.89. The number of carbonyl (C=O) groups excluding carboxylic acids is 1. The van der Waals surface area contributed by atoms with Crippen LogP contribution in [0.4, 0.5) is 4.39 Å². The number of nitrogens with zero attached hydrogens (tertiary/aromatic N) is 2. The van der Waals surface area contributed by atoms with Crippen molar-refractivity contribution in [3.05, 3.63) is 11.4 Å². The minimum atomic E-state index is -1.07. The van der Waals surface area contributed by atoms with Gasteiger partial charge < -0.3 is 0 Å². The van der Waals surface area contributed by atoms with Gasteiger partial charge in [-0.25, -0.2) is 11.0 Å². The molecular formula is C7H8ClFN2O. The molecule has 1 aliphatic heterocycles. The van der Waals surface area contributed by atoms with Gasteiger partial charge in [0.15, 0.2) is 0 Å². The van der Waals surface area contributed by atoms with E-state index in [-0.39, 0.29) is 24.8 Å². The zero-order chi connectivity index (χ0) is 9.14. The number of halogens is 2. The monoisotopic (exact) mass is 190 g/mol. The molecule has 0 aromatic carbocycles. The van der Waals surface area contributed by atoms with Crippen molar-refractivity contribution in [1.29, 1.82) is 0 Å². The molecule has 1 aliphatic rings. The summed E-state index contributed by atoms with van der Waals surface area (Å²) in [5, 5.41) is 0. The summed E-state index contributed by atoms with van der Waals surface area (Å²) in [6, 6.07) is 0. The second-order valence-electron chi connectivity index (χ2n) is 2.62. The topological polar surface area (TPSA) is 24.7 Å². The number of likely N-dealkylation sites (tertiary alicyclic amines) is 1. The van der Waals surface area contributed by atoms with Crippen LogP contribution >= 0.6 is 11.6 Å². The van der Waals surface area contributed by atoms with Gasteiger partial charge in [0, 0.05) is 0 Å². The lowest BCUT2D eigenvalue weighted by Crippen LogP contribution is -2.34. The maximum Gasteiger partial charge on any atom is 0.303 e. The Balaban J connectivity index is 2.65. The summed E-state index contributed by atoms with van der Waals surface area (Å²) in [4.78, 5) is 15.4. The number of rotatable bonds is 1. The molecule has 0 spiro atoms. The van der Waals surface area contributed by atoms with Crippen LogP contribution in [0.2, 0.25) is 0 Å². The molecule has 0 N–H and O–H groups in total. The minimum Gasteiger partial charge on any atom is -0.289 e. The van der Waals surface area contributed by atoms with Gasteiger partial charge in [-0.1, -0.05) is 0 Å². The van der Waals surface area contributed by atoms with Crippen molar-refractivity contribution in [3.63, 3.8) is 0 Å². The third-order valence-electron chi connectivity index (χ3n) is 1.80. The lowest BCUT2D eigenvalue weighted by atomic mass is 10.3. The van der Waals surface area contributed by atoms with Gasteiger partial charge in [0.1, 0.15) is 12.1 Å². The van der Waals surface area contributed by atoms with Crippen molar-refractivity contribution in [1.82, 2.24) is 4.90 Å². The summed E-state index contributed by atoms with van der Waals surface area (Å²) in [6.45, 7) is 6.72. The van der Waals surface area contributed by atoms with E-state index >= 15 is 0 Å². The van der Waals surface area contributed by atoms with Crippen molar-refractivity contribution >= 4 is 17.5 Å². The Morgan fingerprint density at radius 3 is 3.00 bits per heavy atom. The summed E-state index contributed by atoms with van der Waals surface area (Å²) in [6.07, 6.45) is -1.60. The van der Waals surface area contributed by atoms with Gasteiger partial charge in [0.25, 0.3) is 0 Å². The van der Waals surface area contributed by atoms with E-state index in [2.05, 4.69) is 4.85 Å². The van der Waals surface area contributed by atoms with Crippen LogP contribution in [0.3, 0.4) is 0 Å². The number of hydrogen-bond donors (Lipinski definition) is 0. The van der Waals surface area contributed by atoms with Gasteiger partial charge in [0.2, 0.25) is 5.91 Å². The Bertz CT molecular complexity index is 228. The third kappa shape index (κ3) is 1.67. The molecule has 0 aromatic heterocycles. The Morgan fingerprint density at radius 1 is 1.83 bits per heavy atom. The zero-order valence-electron chi connectivity index (χ0n) is 6.33. The molecule has 1 fully saturated rings. The quantitative estimate of drug-likeness (QED) is 0.448. The van der Waals surface area contributed by atoms with Crippen LogP contribution in [0.25, 0.3) is 4.85 Å². The molecule has 1 amide bonds. The molecule has 1 saturated heterocycles. The summed E-state index contributed by atoms with van der Waals surface area (Å²) in [5.41, 5.74) is 0. The Kier molecular flexibility index (Phi) is 2.88. The molecule has 66 valence electrons. The number of carbonyl (C=O) groups is 1. The molecule has 5 heteroatoms. The van der Waals surface area contributed by atoms with Crippen molar-refractivity contribution in [2.45, 2.75) is 18.8 Å². The first-order chi connectivity index (χ1) is 5.69. The second kappa shape index (κ2) is 3.72. The predicted octanol–water partition coefficient (Wildman–Crippen LogP) is 1.04. The summed E-state index contributed by atoms with van der Waals surface area (Å²) in [5.74, 6) is -0.545. The van der Waals surface area contributed by atoms with Gasteiger partial charge in [-0.2, -0.15) is 0 Å². The van der Waals surface area contributed by atoms with Crippen LogP contribution in [-0.4, -0.2) is 35.6 Å². The van der Waals surface area contributed by atoms with Crippen molar-refractivity contribution in [2.75, 3.05) is 12.4 Å². The molecule has 1 heterocycles. The Hall–Kier alpha value is -0.820. The van der Waals surface area contributed by atoms with Crippen molar-refractivity contribution in [2.24, 2.45) is 0 Å². The molecule has 0 aliphatic carbocycles. The highest BCUT2D eigenvalue weighted by Crippen LogP contribution is 2.21. The van der Waals surface area contributed by atoms with Crippen molar-refractivity contribution in [3.8, 4) is 0 Å². The average molecular weight is 191 g/mol. The first-order valence-corrected chi connectivity index (χ1v) is 4.08. The number of hydrogen-bond acceptors (Lipinski definition) is 1. The zero-order valence-corrected chi connectivity index (χ0v) is 7.09. The third-order valence-corrected chi connectivity index (χ3v) is 2.03. The largest absolute Gasteiger partial charge is 0.303 e. The lowest BCUT2D eigenvalue weighted by Gasteiger charge is -2.13. The molecule has 0 saturated carbocycles. The molecule has 3 nitrogen and oxygen atoms in total. The fourth-order valence-electron chi connectivity index (χ4n) is 1.23. The highest BCUT2D eigenvalue weighted by atomic mass is 35.5. The van der Waals surface area contributed by atoms with Crippen LogP contribution in [0, 0.1) is 6.57 Å². The standard InChI is InChI=1S/C7H8ClFN2O/c1-10-6-2-5(9)4-11(6)7(12)3-8/h5-6H,2-4H2/t5-,6+/m1/s1. The van der Waals surface area contributed by atoms with Gasteiger partial charge in [0.05, 0.1) is 13.0 Å². The predicted molar refractivity (Wildman–Crippen MR) is 42.3 cm³/mol. The average Bonchev–Trinajstić information content (AvgIpc) is 2.45. The van der Waals surface area contributed by atoms with Crippen molar-refractivity contribution < 1.29 is 9.18 Å². The van der Waals surface area contributed by atoms with E-state index in [0.29, 0.717) is 0 Å². The van der Waals surface area contributed by atoms with E-state index in [0.717, 1.165) is 0 Å². The molecule has 0 unspecified atom stereocenters. The van der Waals surface area contributed by atoms with Crippen LogP contribution < -0.4 is 0 Å². The first-order valence-electron chi connectivity index (χ1n) is 3.55. The highest BCUT2D eigenvalue weighted by Gasteiger charge is 2.38. The first kappa shape index (κ1) is 9.27. The fraction of sp³-hybridized carbons (Fsp3) is 0.714. The number of amides is 1. The van der Waals surface area contributed by atoms with E-state index in [1.165, 1.54) is 4.90 Å². The maximum absolute atomic E-state index is 12.7. The molecule has 0 bridgehead atoms. The summed E-state index contributed by atoms with van der Waals surface area (Å²) in [7, 11) is 0. The molecule has 12 heavy (non-hydrogen) atoms. The van der Waals surface area contributed by atoms with Crippen LogP contribution in [0.15, 0.2) is 0 Å². The van der Waals surface area contributed by atoms with E-state index in [1.807, 2.05) is 0 Å². The molecule has 2 atom stereocenters. The van der Waals surface area contributed by atoms with Gasteiger partial charge in [-0.15, -0.1) is 11.6 Å². The van der Waals surface area contributed by atoms with Gasteiger partial charge in [-0.05, 0) is 0 Å².